The normalized spacial score (nSPS) is 13.1. The van der Waals surface area contributed by atoms with E-state index in [1.165, 1.54) is 225 Å². The molecule has 0 aromatic heterocycles. The molecule has 0 aliphatic carbocycles. The lowest BCUT2D eigenvalue weighted by atomic mass is 10.0. The Morgan fingerprint density at radius 1 is 0.421 bits per heavy atom. The van der Waals surface area contributed by atoms with Gasteiger partial charge in [0.1, 0.15) is 0 Å². The molecule has 3 N–H and O–H groups in total. The van der Waals surface area contributed by atoms with Crippen LogP contribution in [0.1, 0.15) is 277 Å². The highest BCUT2D eigenvalue weighted by molar-refractivity contribution is 5.76. The number of nitrogens with one attached hydrogen (secondary N) is 1. The maximum atomic E-state index is 12.4. The first-order valence-electron chi connectivity index (χ1n) is 25.7. The van der Waals surface area contributed by atoms with Crippen molar-refractivity contribution in [3.63, 3.8) is 0 Å². The first kappa shape index (κ1) is 55.6. The first-order valence-corrected chi connectivity index (χ1v) is 25.7. The first-order chi connectivity index (χ1) is 28.2. The molecule has 2 unspecified atom stereocenters. The van der Waals surface area contributed by atoms with Crippen molar-refractivity contribution in [2.24, 2.45) is 0 Å². The Kier molecular flexibility index (Phi) is 47.8. The molecule has 57 heavy (non-hydrogen) atoms. The van der Waals surface area contributed by atoms with Gasteiger partial charge in [-0.2, -0.15) is 0 Å². The number of amides is 1. The van der Waals surface area contributed by atoms with E-state index >= 15 is 0 Å². The van der Waals surface area contributed by atoms with Crippen LogP contribution in [-0.2, 0) is 4.79 Å². The Hall–Kier alpha value is -1.39. The fourth-order valence-electron chi connectivity index (χ4n) is 7.92. The molecule has 2 atom stereocenters. The molecule has 0 heterocycles. The summed E-state index contributed by atoms with van der Waals surface area (Å²) in [6.07, 6.45) is 65.9. The molecular formula is C53H101NO3. The van der Waals surface area contributed by atoms with Gasteiger partial charge in [-0.25, -0.2) is 0 Å². The summed E-state index contributed by atoms with van der Waals surface area (Å²) in [5.74, 6) is -0.0635. The minimum Gasteiger partial charge on any atom is -0.394 e. The third kappa shape index (κ3) is 45.5. The molecule has 0 aromatic rings. The second kappa shape index (κ2) is 49.0. The van der Waals surface area contributed by atoms with Crippen LogP contribution in [0, 0.1) is 0 Å². The van der Waals surface area contributed by atoms with E-state index in [-0.39, 0.29) is 12.5 Å². The smallest absolute Gasteiger partial charge is 0.220 e. The van der Waals surface area contributed by atoms with Crippen LogP contribution in [0.5, 0.6) is 0 Å². The maximum absolute atomic E-state index is 12.4. The quantitative estimate of drug-likeness (QED) is 0.0424. The molecule has 0 saturated carbocycles. The number of aliphatic hydroxyl groups is 2. The number of aliphatic hydroxyl groups excluding tert-OH is 2. The van der Waals surface area contributed by atoms with Crippen LogP contribution in [0.15, 0.2) is 36.5 Å². The van der Waals surface area contributed by atoms with Gasteiger partial charge in [-0.15, -0.1) is 0 Å². The Morgan fingerprint density at radius 2 is 0.719 bits per heavy atom. The van der Waals surface area contributed by atoms with Crippen LogP contribution in [0.25, 0.3) is 0 Å². The lowest BCUT2D eigenvalue weighted by Crippen LogP contribution is -2.45. The van der Waals surface area contributed by atoms with Crippen molar-refractivity contribution >= 4 is 5.91 Å². The minimum absolute atomic E-state index is 0.0635. The van der Waals surface area contributed by atoms with Crippen LogP contribution < -0.4 is 5.32 Å². The minimum atomic E-state index is -0.835. The number of unbranched alkanes of at least 4 members (excludes halogenated alkanes) is 36. The van der Waals surface area contributed by atoms with Crippen LogP contribution in [0.4, 0.5) is 0 Å². The van der Waals surface area contributed by atoms with Crippen LogP contribution in [0.3, 0.4) is 0 Å². The van der Waals surface area contributed by atoms with Crippen LogP contribution >= 0.6 is 0 Å². The van der Waals surface area contributed by atoms with E-state index in [4.69, 9.17) is 0 Å². The number of allylic oxidation sites excluding steroid dienone is 5. The van der Waals surface area contributed by atoms with Crippen LogP contribution in [0.2, 0.25) is 0 Å². The van der Waals surface area contributed by atoms with Crippen LogP contribution in [-0.4, -0.2) is 34.9 Å². The molecule has 336 valence electrons. The van der Waals surface area contributed by atoms with Gasteiger partial charge in [0.15, 0.2) is 0 Å². The van der Waals surface area contributed by atoms with Crippen molar-refractivity contribution in [2.45, 2.75) is 289 Å². The Morgan fingerprint density at radius 3 is 1.05 bits per heavy atom. The van der Waals surface area contributed by atoms with E-state index in [0.29, 0.717) is 6.42 Å². The fraction of sp³-hybridized carbons (Fsp3) is 0.868. The second-order valence-corrected chi connectivity index (χ2v) is 17.6. The monoisotopic (exact) mass is 800 g/mol. The van der Waals surface area contributed by atoms with Gasteiger partial charge in [-0.05, 0) is 51.4 Å². The largest absolute Gasteiger partial charge is 0.394 e. The van der Waals surface area contributed by atoms with E-state index in [2.05, 4.69) is 43.5 Å². The SMILES string of the molecule is CCCCCCCCCC/C=C/C(O)C(CO)NC(=O)CCCCCCCCCCCCCCCCCCC/C=C\C/C=C\CCCCCCCCCCCCC. The van der Waals surface area contributed by atoms with Gasteiger partial charge < -0.3 is 15.5 Å². The number of hydrogen-bond donors (Lipinski definition) is 3. The molecule has 0 aliphatic rings. The molecular weight excluding hydrogens is 699 g/mol. The zero-order valence-electron chi connectivity index (χ0n) is 38.6. The predicted molar refractivity (Wildman–Crippen MR) is 253 cm³/mol. The standard InChI is InChI=1S/C53H101NO3/c1-3-5-7-9-11-13-15-16-17-18-19-20-21-22-23-24-25-26-27-28-29-30-31-32-33-34-35-36-37-38-39-41-43-45-47-49-53(57)54-51(50-55)52(56)48-46-44-42-40-14-12-10-8-6-4-2/h21-22,24-25,46,48,51-52,55-56H,3-20,23,26-45,47,49-50H2,1-2H3,(H,54,57)/b22-21-,25-24-,48-46+. The summed E-state index contributed by atoms with van der Waals surface area (Å²) >= 11 is 0. The van der Waals surface area contributed by atoms with Crippen molar-refractivity contribution < 1.29 is 15.0 Å². The summed E-state index contributed by atoms with van der Waals surface area (Å²) in [7, 11) is 0. The number of carbonyl (C=O) groups excluding carboxylic acids is 1. The third-order valence-electron chi connectivity index (χ3n) is 11.9. The fourth-order valence-corrected chi connectivity index (χ4v) is 7.92. The van der Waals surface area contributed by atoms with E-state index in [0.717, 1.165) is 32.1 Å². The summed E-state index contributed by atoms with van der Waals surface area (Å²) in [6.45, 7) is 4.30. The van der Waals surface area contributed by atoms with E-state index in [9.17, 15) is 15.0 Å². The van der Waals surface area contributed by atoms with Crippen molar-refractivity contribution in [3.05, 3.63) is 36.5 Å². The van der Waals surface area contributed by atoms with Gasteiger partial charge in [0, 0.05) is 6.42 Å². The molecule has 0 fully saturated rings. The van der Waals surface area contributed by atoms with Gasteiger partial charge in [0.2, 0.25) is 5.91 Å². The van der Waals surface area contributed by atoms with Gasteiger partial charge in [0.05, 0.1) is 18.8 Å². The average Bonchev–Trinajstić information content (AvgIpc) is 3.22. The van der Waals surface area contributed by atoms with E-state index in [1.54, 1.807) is 6.08 Å². The predicted octanol–water partition coefficient (Wildman–Crippen LogP) is 16.5. The average molecular weight is 800 g/mol. The Balaban J connectivity index is 3.41. The van der Waals surface area contributed by atoms with Crippen molar-refractivity contribution in [1.29, 1.82) is 0 Å². The number of carbonyl (C=O) groups is 1. The molecule has 0 spiro atoms. The summed E-state index contributed by atoms with van der Waals surface area (Å²) in [6, 6.07) is -0.619. The summed E-state index contributed by atoms with van der Waals surface area (Å²) < 4.78 is 0. The number of hydrogen-bond acceptors (Lipinski definition) is 3. The lowest BCUT2D eigenvalue weighted by molar-refractivity contribution is -0.123. The molecule has 0 aliphatic heterocycles. The molecule has 1 amide bonds. The van der Waals surface area contributed by atoms with Crippen molar-refractivity contribution in [2.75, 3.05) is 6.61 Å². The molecule has 0 radical (unpaired) electrons. The molecule has 0 aromatic carbocycles. The highest BCUT2D eigenvalue weighted by atomic mass is 16.3. The topological polar surface area (TPSA) is 69.6 Å². The molecule has 0 rings (SSSR count). The maximum Gasteiger partial charge on any atom is 0.220 e. The highest BCUT2D eigenvalue weighted by Gasteiger charge is 2.18. The van der Waals surface area contributed by atoms with Gasteiger partial charge in [0.25, 0.3) is 0 Å². The zero-order chi connectivity index (χ0) is 41.4. The molecule has 4 heteroatoms. The Bertz CT molecular complexity index is 866. The summed E-state index contributed by atoms with van der Waals surface area (Å²) in [5, 5.41) is 22.9. The van der Waals surface area contributed by atoms with Crippen molar-refractivity contribution in [3.8, 4) is 0 Å². The molecule has 0 saturated heterocycles. The molecule has 0 bridgehead atoms. The molecule has 4 nitrogen and oxygen atoms in total. The van der Waals surface area contributed by atoms with Gasteiger partial charge in [-0.3, -0.25) is 4.79 Å². The third-order valence-corrected chi connectivity index (χ3v) is 11.9. The van der Waals surface area contributed by atoms with Gasteiger partial charge >= 0.3 is 0 Å². The number of rotatable bonds is 47. The van der Waals surface area contributed by atoms with Crippen molar-refractivity contribution in [1.82, 2.24) is 5.32 Å². The van der Waals surface area contributed by atoms with E-state index < -0.39 is 12.1 Å². The van der Waals surface area contributed by atoms with E-state index in [1.807, 2.05) is 6.08 Å². The lowest BCUT2D eigenvalue weighted by Gasteiger charge is -2.20. The zero-order valence-corrected chi connectivity index (χ0v) is 38.6. The Labute approximate surface area is 357 Å². The highest BCUT2D eigenvalue weighted by Crippen LogP contribution is 2.16. The summed E-state index contributed by atoms with van der Waals surface area (Å²) in [5.41, 5.74) is 0. The summed E-state index contributed by atoms with van der Waals surface area (Å²) in [4.78, 5) is 12.4. The second-order valence-electron chi connectivity index (χ2n) is 17.6. The van der Waals surface area contributed by atoms with Gasteiger partial charge in [-0.1, -0.05) is 256 Å².